The second-order valence-corrected chi connectivity index (χ2v) is 6.02. The van der Waals surface area contributed by atoms with Crippen LogP contribution in [0.3, 0.4) is 0 Å². The molecule has 90 valence electrons. The van der Waals surface area contributed by atoms with Gasteiger partial charge in [-0.25, -0.2) is 13.1 Å². The van der Waals surface area contributed by atoms with Gasteiger partial charge in [0.25, 0.3) is 5.91 Å². The van der Waals surface area contributed by atoms with Gasteiger partial charge < -0.3 is 4.90 Å². The highest BCUT2D eigenvalue weighted by atomic mass is 32.2. The van der Waals surface area contributed by atoms with Gasteiger partial charge in [-0.3, -0.25) is 4.79 Å². The van der Waals surface area contributed by atoms with Crippen LogP contribution in [-0.4, -0.2) is 45.6 Å². The first kappa shape index (κ1) is 13.1. The molecular formula is C9H14N2O3S2. The van der Waals surface area contributed by atoms with Crippen molar-refractivity contribution < 1.29 is 13.2 Å². The molecule has 1 heterocycles. The number of sulfonamides is 1. The molecule has 1 N–H and O–H groups in total. The number of carbonyl (C=O) groups is 1. The predicted octanol–water partition coefficient (Wildman–Crippen LogP) is 0.369. The van der Waals surface area contributed by atoms with Gasteiger partial charge >= 0.3 is 0 Å². The number of likely N-dealkylation sites (N-methyl/N-ethyl adjacent to an activating group) is 1. The van der Waals surface area contributed by atoms with Crippen LogP contribution < -0.4 is 4.72 Å². The van der Waals surface area contributed by atoms with E-state index in [2.05, 4.69) is 4.72 Å². The van der Waals surface area contributed by atoms with E-state index in [9.17, 15) is 13.2 Å². The Balaban J connectivity index is 2.42. The summed E-state index contributed by atoms with van der Waals surface area (Å²) in [5, 5.41) is 3.60. The summed E-state index contributed by atoms with van der Waals surface area (Å²) >= 11 is 1.45. The molecule has 0 spiro atoms. The largest absolute Gasteiger partial charge is 0.340 e. The number of hydrogen-bond donors (Lipinski definition) is 1. The molecule has 0 radical (unpaired) electrons. The summed E-state index contributed by atoms with van der Waals surface area (Å²) in [4.78, 5) is 13.2. The van der Waals surface area contributed by atoms with Crippen LogP contribution in [0, 0.1) is 0 Å². The highest BCUT2D eigenvalue weighted by Crippen LogP contribution is 2.08. The van der Waals surface area contributed by atoms with Crippen molar-refractivity contribution in [2.45, 2.75) is 0 Å². The first-order valence-corrected chi connectivity index (χ1v) is 7.46. The third kappa shape index (κ3) is 4.30. The lowest BCUT2D eigenvalue weighted by Gasteiger charge is -2.16. The Morgan fingerprint density at radius 1 is 1.56 bits per heavy atom. The van der Waals surface area contributed by atoms with E-state index in [1.54, 1.807) is 18.5 Å². The SMILES string of the molecule is CN(CCNS(C)(=O)=O)C(=O)c1ccsc1. The fourth-order valence-electron chi connectivity index (χ4n) is 1.11. The van der Waals surface area contributed by atoms with Crippen LogP contribution in [0.15, 0.2) is 16.8 Å². The summed E-state index contributed by atoms with van der Waals surface area (Å²) in [6, 6.07) is 1.74. The molecule has 0 aliphatic heterocycles. The Morgan fingerprint density at radius 2 is 2.25 bits per heavy atom. The first-order chi connectivity index (χ1) is 7.40. The van der Waals surface area contributed by atoms with E-state index >= 15 is 0 Å². The zero-order valence-corrected chi connectivity index (χ0v) is 10.8. The highest BCUT2D eigenvalue weighted by molar-refractivity contribution is 7.88. The lowest BCUT2D eigenvalue weighted by Crippen LogP contribution is -2.35. The van der Waals surface area contributed by atoms with Gasteiger partial charge in [0.1, 0.15) is 0 Å². The summed E-state index contributed by atoms with van der Waals surface area (Å²) < 4.78 is 23.9. The smallest absolute Gasteiger partial charge is 0.254 e. The molecule has 5 nitrogen and oxygen atoms in total. The molecule has 1 rings (SSSR count). The topological polar surface area (TPSA) is 66.5 Å². The maximum absolute atomic E-state index is 11.7. The molecule has 0 bridgehead atoms. The quantitative estimate of drug-likeness (QED) is 0.833. The minimum absolute atomic E-state index is 0.100. The average Bonchev–Trinajstić information content (AvgIpc) is 2.67. The molecule has 0 fully saturated rings. The summed E-state index contributed by atoms with van der Waals surface area (Å²) in [6.45, 7) is 0.576. The van der Waals surface area contributed by atoms with Crippen molar-refractivity contribution in [2.24, 2.45) is 0 Å². The van der Waals surface area contributed by atoms with Crippen molar-refractivity contribution in [3.05, 3.63) is 22.4 Å². The van der Waals surface area contributed by atoms with Crippen molar-refractivity contribution in [3.63, 3.8) is 0 Å². The zero-order valence-electron chi connectivity index (χ0n) is 9.13. The number of thiophene rings is 1. The van der Waals surface area contributed by atoms with Crippen molar-refractivity contribution in [2.75, 3.05) is 26.4 Å². The number of amides is 1. The monoisotopic (exact) mass is 262 g/mol. The van der Waals surface area contributed by atoms with E-state index in [0.717, 1.165) is 6.26 Å². The van der Waals surface area contributed by atoms with Crippen LogP contribution in [0.4, 0.5) is 0 Å². The Labute approximate surface area is 99.1 Å². The first-order valence-electron chi connectivity index (χ1n) is 4.62. The van der Waals surface area contributed by atoms with Gasteiger partial charge in [0.05, 0.1) is 11.8 Å². The summed E-state index contributed by atoms with van der Waals surface area (Å²) in [7, 11) is -1.54. The zero-order chi connectivity index (χ0) is 12.2. The van der Waals surface area contributed by atoms with Crippen LogP contribution in [0.25, 0.3) is 0 Å². The maximum atomic E-state index is 11.7. The fourth-order valence-corrected chi connectivity index (χ4v) is 2.20. The Morgan fingerprint density at radius 3 is 2.75 bits per heavy atom. The van der Waals surface area contributed by atoms with Gasteiger partial charge in [-0.15, -0.1) is 0 Å². The molecule has 7 heteroatoms. The van der Waals surface area contributed by atoms with Gasteiger partial charge in [0, 0.05) is 25.5 Å². The minimum Gasteiger partial charge on any atom is -0.340 e. The van der Waals surface area contributed by atoms with E-state index in [-0.39, 0.29) is 12.5 Å². The molecule has 0 aromatic carbocycles. The molecule has 0 saturated heterocycles. The van der Waals surface area contributed by atoms with Crippen molar-refractivity contribution in [1.29, 1.82) is 0 Å². The molecule has 0 saturated carbocycles. The van der Waals surface area contributed by atoms with E-state index in [1.807, 2.05) is 5.38 Å². The van der Waals surface area contributed by atoms with Gasteiger partial charge in [-0.05, 0) is 11.4 Å². The second kappa shape index (κ2) is 5.42. The van der Waals surface area contributed by atoms with Crippen molar-refractivity contribution in [1.82, 2.24) is 9.62 Å². The minimum atomic E-state index is -3.19. The molecular weight excluding hydrogens is 248 g/mol. The number of nitrogens with one attached hydrogen (secondary N) is 1. The summed E-state index contributed by atoms with van der Waals surface area (Å²) in [5.41, 5.74) is 0.631. The van der Waals surface area contributed by atoms with Crippen LogP contribution in [0.2, 0.25) is 0 Å². The van der Waals surface area contributed by atoms with Gasteiger partial charge in [0.15, 0.2) is 0 Å². The molecule has 0 unspecified atom stereocenters. The number of rotatable bonds is 5. The molecule has 0 aliphatic carbocycles. The molecule has 1 amide bonds. The lowest BCUT2D eigenvalue weighted by atomic mass is 10.3. The lowest BCUT2D eigenvalue weighted by molar-refractivity contribution is 0.0798. The molecule has 0 aliphatic rings. The van der Waals surface area contributed by atoms with Gasteiger partial charge in [-0.2, -0.15) is 11.3 Å². The molecule has 1 aromatic heterocycles. The standard InChI is InChI=1S/C9H14N2O3S2/c1-11(5-4-10-16(2,13)14)9(12)8-3-6-15-7-8/h3,6-7,10H,4-5H2,1-2H3. The van der Waals surface area contributed by atoms with Crippen LogP contribution in [-0.2, 0) is 10.0 Å². The second-order valence-electron chi connectivity index (χ2n) is 3.41. The Bertz CT molecular complexity index is 439. The third-order valence-electron chi connectivity index (χ3n) is 1.93. The average molecular weight is 262 g/mol. The normalized spacial score (nSPS) is 11.4. The maximum Gasteiger partial charge on any atom is 0.254 e. The predicted molar refractivity (Wildman–Crippen MR) is 64.1 cm³/mol. The van der Waals surface area contributed by atoms with Crippen molar-refractivity contribution in [3.8, 4) is 0 Å². The summed E-state index contributed by atoms with van der Waals surface area (Å²) in [5.74, 6) is -0.100. The number of hydrogen-bond acceptors (Lipinski definition) is 4. The fraction of sp³-hybridized carbons (Fsp3) is 0.444. The Hall–Kier alpha value is -0.920. The number of carbonyl (C=O) groups excluding carboxylic acids is 1. The van der Waals surface area contributed by atoms with E-state index in [0.29, 0.717) is 12.1 Å². The van der Waals surface area contributed by atoms with Crippen molar-refractivity contribution >= 4 is 27.3 Å². The Kier molecular flexibility index (Phi) is 4.45. The van der Waals surface area contributed by atoms with Crippen LogP contribution >= 0.6 is 11.3 Å². The van der Waals surface area contributed by atoms with E-state index < -0.39 is 10.0 Å². The van der Waals surface area contributed by atoms with E-state index in [4.69, 9.17) is 0 Å². The third-order valence-corrected chi connectivity index (χ3v) is 3.34. The molecule has 0 atom stereocenters. The van der Waals surface area contributed by atoms with E-state index in [1.165, 1.54) is 16.2 Å². The van der Waals surface area contributed by atoms with Gasteiger partial charge in [0.2, 0.25) is 10.0 Å². The van der Waals surface area contributed by atoms with Crippen LogP contribution in [0.5, 0.6) is 0 Å². The molecule has 16 heavy (non-hydrogen) atoms. The molecule has 1 aromatic rings. The van der Waals surface area contributed by atoms with Gasteiger partial charge in [-0.1, -0.05) is 0 Å². The number of nitrogens with zero attached hydrogens (tertiary/aromatic N) is 1. The van der Waals surface area contributed by atoms with Crippen LogP contribution in [0.1, 0.15) is 10.4 Å². The highest BCUT2D eigenvalue weighted by Gasteiger charge is 2.11. The summed E-state index contributed by atoms with van der Waals surface area (Å²) in [6.07, 6.45) is 1.09.